The Morgan fingerprint density at radius 2 is 1.78 bits per heavy atom. The summed E-state index contributed by atoms with van der Waals surface area (Å²) in [5.74, 6) is 0. The van der Waals surface area contributed by atoms with Gasteiger partial charge in [-0.1, -0.05) is 12.1 Å². The largest absolute Gasteiger partial charge is 0.497 e. The van der Waals surface area contributed by atoms with Gasteiger partial charge in [0.1, 0.15) is 11.7 Å². The SMILES string of the molecule is CC(C)(C)OC(=O)n1cc(B2OC(C)(C)C(C)(C)O2)c2cccc(C#N)c21. The highest BCUT2D eigenvalue weighted by Gasteiger charge is 2.52. The smallest absolute Gasteiger partial charge is 0.443 e. The molecule has 27 heavy (non-hydrogen) atoms. The minimum absolute atomic E-state index is 0.390. The number of nitrogens with zero attached hydrogens (tertiary/aromatic N) is 2. The number of rotatable bonds is 1. The Hall–Kier alpha value is -2.30. The summed E-state index contributed by atoms with van der Waals surface area (Å²) in [4.78, 5) is 12.8. The van der Waals surface area contributed by atoms with E-state index in [4.69, 9.17) is 14.0 Å². The van der Waals surface area contributed by atoms with Gasteiger partial charge in [-0.25, -0.2) is 4.79 Å². The third-order valence-corrected chi connectivity index (χ3v) is 5.07. The third-order valence-electron chi connectivity index (χ3n) is 5.07. The second kappa shape index (κ2) is 6.11. The maximum Gasteiger partial charge on any atom is 0.497 e. The maximum absolute atomic E-state index is 12.8. The first-order valence-corrected chi connectivity index (χ1v) is 8.99. The zero-order valence-corrected chi connectivity index (χ0v) is 16.9. The predicted octanol–water partition coefficient (Wildman–Crippen LogP) is 3.60. The van der Waals surface area contributed by atoms with Crippen molar-refractivity contribution in [2.75, 3.05) is 0 Å². The van der Waals surface area contributed by atoms with Gasteiger partial charge in [-0.2, -0.15) is 5.26 Å². The van der Waals surface area contributed by atoms with Crippen LogP contribution in [0.2, 0.25) is 0 Å². The summed E-state index contributed by atoms with van der Waals surface area (Å²) in [6.07, 6.45) is 1.11. The molecule has 0 N–H and O–H groups in total. The molecule has 2 heterocycles. The lowest BCUT2D eigenvalue weighted by molar-refractivity contribution is 0.00578. The molecule has 2 aromatic rings. The van der Waals surface area contributed by atoms with Gasteiger partial charge in [-0.3, -0.25) is 4.57 Å². The zero-order valence-electron chi connectivity index (χ0n) is 16.9. The van der Waals surface area contributed by atoms with E-state index in [0.29, 0.717) is 16.5 Å². The van der Waals surface area contributed by atoms with Crippen molar-refractivity contribution in [3.05, 3.63) is 30.0 Å². The van der Waals surface area contributed by atoms with E-state index >= 15 is 0 Å². The summed E-state index contributed by atoms with van der Waals surface area (Å²) in [6.45, 7) is 13.3. The molecule has 1 aromatic heterocycles. The number of benzene rings is 1. The standard InChI is InChI=1S/C20H25BN2O4/c1-18(2,3)25-17(24)23-12-15(14-10-8-9-13(11-22)16(14)23)21-26-19(4,5)20(6,7)27-21/h8-10,12H,1-7H3. The normalized spacial score (nSPS) is 18.5. The Morgan fingerprint density at radius 3 is 2.30 bits per heavy atom. The fraction of sp³-hybridized carbons (Fsp3) is 0.500. The van der Waals surface area contributed by atoms with E-state index < -0.39 is 30.0 Å². The lowest BCUT2D eigenvalue weighted by Crippen LogP contribution is -2.41. The monoisotopic (exact) mass is 368 g/mol. The molecule has 0 saturated carbocycles. The molecule has 0 spiro atoms. The summed E-state index contributed by atoms with van der Waals surface area (Å²) in [5.41, 5.74) is -0.0816. The molecule has 0 aliphatic carbocycles. The van der Waals surface area contributed by atoms with Crippen LogP contribution in [0.15, 0.2) is 24.4 Å². The van der Waals surface area contributed by atoms with Crippen molar-refractivity contribution in [1.29, 1.82) is 5.26 Å². The molecular formula is C20H25BN2O4. The number of ether oxygens (including phenoxy) is 1. The first kappa shape index (κ1) is 19.5. The first-order valence-electron chi connectivity index (χ1n) is 8.99. The number of para-hydroxylation sites is 1. The molecule has 3 rings (SSSR count). The van der Waals surface area contributed by atoms with Crippen LogP contribution in [-0.2, 0) is 14.0 Å². The topological polar surface area (TPSA) is 73.5 Å². The van der Waals surface area contributed by atoms with Crippen molar-refractivity contribution in [3.63, 3.8) is 0 Å². The highest BCUT2D eigenvalue weighted by molar-refractivity contribution is 6.65. The first-order chi connectivity index (χ1) is 12.4. The number of hydrogen-bond acceptors (Lipinski definition) is 5. The van der Waals surface area contributed by atoms with Crippen molar-refractivity contribution >= 4 is 29.6 Å². The van der Waals surface area contributed by atoms with Gasteiger partial charge in [-0.15, -0.1) is 0 Å². The molecule has 142 valence electrons. The summed E-state index contributed by atoms with van der Waals surface area (Å²) >= 11 is 0. The van der Waals surface area contributed by atoms with Crippen LogP contribution >= 0.6 is 0 Å². The minimum Gasteiger partial charge on any atom is -0.443 e. The van der Waals surface area contributed by atoms with Gasteiger partial charge in [0.15, 0.2) is 0 Å². The molecule has 1 saturated heterocycles. The van der Waals surface area contributed by atoms with E-state index in [1.807, 2.05) is 33.8 Å². The maximum atomic E-state index is 12.8. The molecule has 1 aliphatic rings. The second-order valence-corrected chi connectivity index (χ2v) is 8.84. The highest BCUT2D eigenvalue weighted by atomic mass is 16.7. The van der Waals surface area contributed by atoms with Crippen LogP contribution in [0, 0.1) is 11.3 Å². The van der Waals surface area contributed by atoms with Crippen LogP contribution in [0.5, 0.6) is 0 Å². The van der Waals surface area contributed by atoms with Crippen LogP contribution in [0.3, 0.4) is 0 Å². The van der Waals surface area contributed by atoms with Gasteiger partial charge >= 0.3 is 13.2 Å². The fourth-order valence-electron chi connectivity index (χ4n) is 3.01. The van der Waals surface area contributed by atoms with Crippen LogP contribution in [-0.4, -0.2) is 34.6 Å². The molecule has 0 radical (unpaired) electrons. The molecule has 1 fully saturated rings. The molecule has 0 bridgehead atoms. The van der Waals surface area contributed by atoms with Crippen molar-refractivity contribution in [2.24, 2.45) is 0 Å². The predicted molar refractivity (Wildman–Crippen MR) is 104 cm³/mol. The fourth-order valence-corrected chi connectivity index (χ4v) is 3.01. The quantitative estimate of drug-likeness (QED) is 0.719. The average molecular weight is 368 g/mol. The van der Waals surface area contributed by atoms with Crippen molar-refractivity contribution < 1.29 is 18.8 Å². The van der Waals surface area contributed by atoms with Gasteiger partial charge in [0, 0.05) is 17.0 Å². The Morgan fingerprint density at radius 1 is 1.19 bits per heavy atom. The molecule has 7 heteroatoms. The van der Waals surface area contributed by atoms with Crippen molar-refractivity contribution in [1.82, 2.24) is 4.57 Å². The molecule has 0 unspecified atom stereocenters. The van der Waals surface area contributed by atoms with Gasteiger partial charge in [0.25, 0.3) is 0 Å². The van der Waals surface area contributed by atoms with Crippen LogP contribution in [0.1, 0.15) is 54.0 Å². The van der Waals surface area contributed by atoms with Gasteiger partial charge < -0.3 is 14.0 Å². The Labute approximate surface area is 160 Å². The van der Waals surface area contributed by atoms with Gasteiger partial charge in [-0.05, 0) is 54.5 Å². The van der Waals surface area contributed by atoms with Gasteiger partial charge in [0.05, 0.1) is 22.3 Å². The molecule has 0 atom stereocenters. The van der Waals surface area contributed by atoms with E-state index in [1.54, 1.807) is 39.1 Å². The zero-order chi connectivity index (χ0) is 20.2. The summed E-state index contributed by atoms with van der Waals surface area (Å²) in [5, 5.41) is 10.3. The van der Waals surface area contributed by atoms with Crippen LogP contribution in [0.4, 0.5) is 4.79 Å². The Bertz CT molecular complexity index is 931. The molecular weight excluding hydrogens is 343 g/mol. The molecule has 1 aromatic carbocycles. The number of aromatic nitrogens is 1. The molecule has 0 amide bonds. The van der Waals surface area contributed by atoms with E-state index in [9.17, 15) is 10.1 Å². The van der Waals surface area contributed by atoms with E-state index in [1.165, 1.54) is 4.57 Å². The minimum atomic E-state index is -0.653. The average Bonchev–Trinajstić information content (AvgIpc) is 3.00. The highest BCUT2D eigenvalue weighted by Crippen LogP contribution is 2.37. The molecule has 6 nitrogen and oxygen atoms in total. The number of hydrogen-bond donors (Lipinski definition) is 0. The van der Waals surface area contributed by atoms with E-state index in [2.05, 4.69) is 6.07 Å². The number of carbonyl (C=O) groups is 1. The van der Waals surface area contributed by atoms with Crippen LogP contribution < -0.4 is 5.46 Å². The second-order valence-electron chi connectivity index (χ2n) is 8.84. The summed E-state index contributed by atoms with van der Waals surface area (Å²) in [6, 6.07) is 7.48. The summed E-state index contributed by atoms with van der Waals surface area (Å²) in [7, 11) is -0.643. The number of nitriles is 1. The lowest BCUT2D eigenvalue weighted by atomic mass is 9.79. The van der Waals surface area contributed by atoms with Crippen LogP contribution in [0.25, 0.3) is 10.9 Å². The van der Waals surface area contributed by atoms with E-state index in [-0.39, 0.29) is 0 Å². The number of carbonyl (C=O) groups excluding carboxylic acids is 1. The van der Waals surface area contributed by atoms with Crippen molar-refractivity contribution in [2.45, 2.75) is 65.3 Å². The number of fused-ring (bicyclic) bond motifs is 1. The van der Waals surface area contributed by atoms with Gasteiger partial charge in [0.2, 0.25) is 0 Å². The van der Waals surface area contributed by atoms with Crippen molar-refractivity contribution in [3.8, 4) is 6.07 Å². The van der Waals surface area contributed by atoms with E-state index in [0.717, 1.165) is 5.39 Å². The third kappa shape index (κ3) is 3.35. The Kier molecular flexibility index (Phi) is 4.41. The summed E-state index contributed by atoms with van der Waals surface area (Å²) < 4.78 is 19.2. The lowest BCUT2D eigenvalue weighted by Gasteiger charge is -2.32. The Balaban J connectivity index is 2.16. The molecule has 1 aliphatic heterocycles.